The van der Waals surface area contributed by atoms with Gasteiger partial charge in [-0.25, -0.2) is 23.2 Å². The number of fused-ring (bicyclic) bond motifs is 2. The van der Waals surface area contributed by atoms with Gasteiger partial charge in [0.05, 0.1) is 28.1 Å². The first kappa shape index (κ1) is 25.2. The van der Waals surface area contributed by atoms with Crippen molar-refractivity contribution in [1.82, 2.24) is 9.97 Å². The summed E-state index contributed by atoms with van der Waals surface area (Å²) in [5.74, 6) is 0.392. The summed E-state index contributed by atoms with van der Waals surface area (Å²) in [5, 5.41) is 3.83. The minimum Gasteiger partial charge on any atom is -0.462 e. The van der Waals surface area contributed by atoms with Gasteiger partial charge in [-0.15, -0.1) is 11.3 Å². The highest BCUT2D eigenvalue weighted by atomic mass is 32.2. The molecular weight excluding hydrogens is 508 g/mol. The number of hydrogen-bond acceptors (Lipinski definition) is 8. The molecule has 0 saturated heterocycles. The molecule has 1 atom stereocenters. The van der Waals surface area contributed by atoms with Crippen molar-refractivity contribution in [3.05, 3.63) is 70.1 Å². The summed E-state index contributed by atoms with van der Waals surface area (Å²) in [5.41, 5.74) is 3.25. The molecular formula is C27H28N4O4S2. The fourth-order valence-corrected chi connectivity index (χ4v) is 7.22. The third kappa shape index (κ3) is 5.03. The van der Waals surface area contributed by atoms with E-state index in [4.69, 9.17) is 9.72 Å². The number of sulfonamides is 1. The zero-order chi connectivity index (χ0) is 26.2. The molecule has 0 saturated carbocycles. The van der Waals surface area contributed by atoms with Crippen LogP contribution in [0.25, 0.3) is 11.0 Å². The van der Waals surface area contributed by atoms with Crippen LogP contribution in [-0.2, 0) is 27.6 Å². The molecule has 2 aromatic heterocycles. The van der Waals surface area contributed by atoms with Crippen LogP contribution in [0.1, 0.15) is 46.6 Å². The molecule has 0 amide bonds. The lowest BCUT2D eigenvalue weighted by Crippen LogP contribution is -2.17. The van der Waals surface area contributed by atoms with Gasteiger partial charge in [-0.05, 0) is 68.4 Å². The zero-order valence-electron chi connectivity index (χ0n) is 20.9. The van der Waals surface area contributed by atoms with Crippen molar-refractivity contribution < 1.29 is 17.9 Å². The Balaban J connectivity index is 1.62. The molecule has 4 aromatic rings. The van der Waals surface area contributed by atoms with E-state index in [0.717, 1.165) is 29.7 Å². The molecule has 1 aliphatic rings. The number of hydrogen-bond donors (Lipinski definition) is 2. The third-order valence-electron chi connectivity index (χ3n) is 6.41. The first-order chi connectivity index (χ1) is 17.8. The van der Waals surface area contributed by atoms with Crippen LogP contribution in [0.2, 0.25) is 0 Å². The average molecular weight is 537 g/mol. The lowest BCUT2D eigenvalue weighted by atomic mass is 9.88. The standard InChI is InChI=1S/C27H28N4O4S2/c1-4-35-27(32)23-18-14-13-16(2)15-21(18)36-26(23)30-24-25(29-20-11-7-6-10-19(20)28-24)31-37(33,34)22-12-8-5-9-17(22)3/h5-12,16H,4,13-15H2,1-3H3,(H,28,30)(H,29,31). The average Bonchev–Trinajstić information content (AvgIpc) is 3.21. The maximum Gasteiger partial charge on any atom is 0.341 e. The molecule has 1 unspecified atom stereocenters. The van der Waals surface area contributed by atoms with Gasteiger partial charge in [-0.3, -0.25) is 4.72 Å². The van der Waals surface area contributed by atoms with Crippen LogP contribution >= 0.6 is 11.3 Å². The summed E-state index contributed by atoms with van der Waals surface area (Å²) in [6.45, 7) is 5.98. The second kappa shape index (κ2) is 10.1. The summed E-state index contributed by atoms with van der Waals surface area (Å²) in [6.07, 6.45) is 2.66. The highest BCUT2D eigenvalue weighted by Crippen LogP contribution is 2.42. The van der Waals surface area contributed by atoms with Gasteiger partial charge in [0.25, 0.3) is 10.0 Å². The van der Waals surface area contributed by atoms with Crippen LogP contribution in [0, 0.1) is 12.8 Å². The molecule has 0 aliphatic heterocycles. The molecule has 1 aliphatic carbocycles. The predicted molar refractivity (Wildman–Crippen MR) is 146 cm³/mol. The summed E-state index contributed by atoms with van der Waals surface area (Å²) in [7, 11) is -3.95. The number of thiophene rings is 1. The molecule has 0 fully saturated rings. The lowest BCUT2D eigenvalue weighted by molar-refractivity contribution is 0.0526. The summed E-state index contributed by atoms with van der Waals surface area (Å²) >= 11 is 1.49. The van der Waals surface area contributed by atoms with Gasteiger partial charge in [0.2, 0.25) is 0 Å². The molecule has 192 valence electrons. The van der Waals surface area contributed by atoms with Gasteiger partial charge >= 0.3 is 5.97 Å². The number of nitrogens with zero attached hydrogens (tertiary/aromatic N) is 2. The number of anilines is 3. The number of ether oxygens (including phenoxy) is 1. The van der Waals surface area contributed by atoms with Crippen molar-refractivity contribution in [2.24, 2.45) is 5.92 Å². The molecule has 8 nitrogen and oxygen atoms in total. The molecule has 37 heavy (non-hydrogen) atoms. The summed E-state index contributed by atoms with van der Waals surface area (Å²) < 4.78 is 34.7. The Bertz CT molecular complexity index is 1600. The number of para-hydroxylation sites is 2. The van der Waals surface area contributed by atoms with Gasteiger partial charge < -0.3 is 10.1 Å². The molecule has 2 heterocycles. The van der Waals surface area contributed by atoms with Crippen molar-refractivity contribution in [3.8, 4) is 0 Å². The van der Waals surface area contributed by atoms with E-state index >= 15 is 0 Å². The number of rotatable bonds is 7. The first-order valence-electron chi connectivity index (χ1n) is 12.2. The molecule has 2 aromatic carbocycles. The second-order valence-electron chi connectivity index (χ2n) is 9.18. The molecule has 2 N–H and O–H groups in total. The van der Waals surface area contributed by atoms with Gasteiger partial charge in [-0.1, -0.05) is 37.3 Å². The third-order valence-corrected chi connectivity index (χ3v) is 9.08. The quantitative estimate of drug-likeness (QED) is 0.285. The SMILES string of the molecule is CCOC(=O)c1c(Nc2nc3ccccc3nc2NS(=O)(=O)c2ccccc2C)sc2c1CCC(C)C2. The van der Waals surface area contributed by atoms with E-state index in [-0.39, 0.29) is 23.1 Å². The Kier molecular flexibility index (Phi) is 6.87. The number of carbonyl (C=O) groups is 1. The van der Waals surface area contributed by atoms with Gasteiger partial charge in [0.15, 0.2) is 11.6 Å². The molecule has 0 radical (unpaired) electrons. The number of nitrogens with one attached hydrogen (secondary N) is 2. The normalized spacial score (nSPS) is 15.3. The van der Waals surface area contributed by atoms with Crippen LogP contribution < -0.4 is 10.0 Å². The topological polar surface area (TPSA) is 110 Å². The van der Waals surface area contributed by atoms with E-state index in [9.17, 15) is 13.2 Å². The smallest absolute Gasteiger partial charge is 0.341 e. The van der Waals surface area contributed by atoms with Crippen LogP contribution in [0.5, 0.6) is 0 Å². The summed E-state index contributed by atoms with van der Waals surface area (Å²) in [6, 6.07) is 14.0. The van der Waals surface area contributed by atoms with E-state index in [0.29, 0.717) is 33.1 Å². The fraction of sp³-hybridized carbons (Fsp3) is 0.296. The van der Waals surface area contributed by atoms with Crippen LogP contribution in [0.15, 0.2) is 53.4 Å². The van der Waals surface area contributed by atoms with E-state index in [1.807, 2.05) is 12.1 Å². The maximum atomic E-state index is 13.3. The Hall–Kier alpha value is -3.50. The number of carbonyl (C=O) groups excluding carboxylic acids is 1. The van der Waals surface area contributed by atoms with Crippen molar-refractivity contribution >= 4 is 55.0 Å². The van der Waals surface area contributed by atoms with Crippen molar-refractivity contribution in [3.63, 3.8) is 0 Å². The van der Waals surface area contributed by atoms with Gasteiger partial charge in [0.1, 0.15) is 5.00 Å². The Morgan fingerprint density at radius 2 is 1.76 bits per heavy atom. The highest BCUT2D eigenvalue weighted by Gasteiger charge is 2.30. The molecule has 0 bridgehead atoms. The maximum absolute atomic E-state index is 13.3. The number of esters is 1. The predicted octanol–water partition coefficient (Wildman–Crippen LogP) is 5.85. The minimum atomic E-state index is -3.95. The number of benzene rings is 2. The fourth-order valence-electron chi connectivity index (χ4n) is 4.56. The van der Waals surface area contributed by atoms with Crippen molar-refractivity contribution in [2.45, 2.75) is 44.9 Å². The highest BCUT2D eigenvalue weighted by molar-refractivity contribution is 7.92. The largest absolute Gasteiger partial charge is 0.462 e. The van der Waals surface area contributed by atoms with E-state index < -0.39 is 16.0 Å². The zero-order valence-corrected chi connectivity index (χ0v) is 22.5. The lowest BCUT2D eigenvalue weighted by Gasteiger charge is -2.18. The van der Waals surface area contributed by atoms with Crippen molar-refractivity contribution in [1.29, 1.82) is 0 Å². The van der Waals surface area contributed by atoms with E-state index in [2.05, 4.69) is 21.9 Å². The number of aromatic nitrogens is 2. The molecule has 0 spiro atoms. The van der Waals surface area contributed by atoms with Crippen LogP contribution in [0.3, 0.4) is 0 Å². The first-order valence-corrected chi connectivity index (χ1v) is 14.5. The Morgan fingerprint density at radius 3 is 2.46 bits per heavy atom. The van der Waals surface area contributed by atoms with Crippen molar-refractivity contribution in [2.75, 3.05) is 16.6 Å². The van der Waals surface area contributed by atoms with Crippen LogP contribution in [0.4, 0.5) is 16.6 Å². The van der Waals surface area contributed by atoms with E-state index in [1.54, 1.807) is 50.2 Å². The Morgan fingerprint density at radius 1 is 1.08 bits per heavy atom. The van der Waals surface area contributed by atoms with Crippen LogP contribution in [-0.4, -0.2) is 31.0 Å². The van der Waals surface area contributed by atoms with E-state index in [1.165, 1.54) is 11.3 Å². The summed E-state index contributed by atoms with van der Waals surface area (Å²) in [4.78, 5) is 23.6. The minimum absolute atomic E-state index is 0.0523. The Labute approximate surface area is 220 Å². The monoisotopic (exact) mass is 536 g/mol. The van der Waals surface area contributed by atoms with Gasteiger partial charge in [0, 0.05) is 4.88 Å². The number of aryl methyl sites for hydroxylation is 1. The molecule has 10 heteroatoms. The van der Waals surface area contributed by atoms with Gasteiger partial charge in [-0.2, -0.15) is 0 Å². The second-order valence-corrected chi connectivity index (χ2v) is 11.9. The molecule has 5 rings (SSSR count).